The molecule has 150 valence electrons. The van der Waals surface area contributed by atoms with Gasteiger partial charge in [0.1, 0.15) is 0 Å². The fourth-order valence-electron chi connectivity index (χ4n) is 2.94. The van der Waals surface area contributed by atoms with E-state index in [4.69, 9.17) is 4.74 Å². The highest BCUT2D eigenvalue weighted by Crippen LogP contribution is 2.51. The lowest BCUT2D eigenvalue weighted by molar-refractivity contribution is 1.49. The second-order valence-corrected chi connectivity index (χ2v) is 9.70. The van der Waals surface area contributed by atoms with Crippen LogP contribution < -0.4 is 15.3 Å². The predicted octanol–water partition coefficient (Wildman–Crippen LogP) is 8.36. The summed E-state index contributed by atoms with van der Waals surface area (Å²) in [6, 6.07) is 38.4. The number of hydrogen-bond acceptors (Lipinski definition) is 1. The predicted molar refractivity (Wildman–Crippen MR) is 133 cm³/mol. The summed E-state index contributed by atoms with van der Waals surface area (Å²) in [6.45, 7) is 0. The Morgan fingerprint density at radius 2 is 0.867 bits per heavy atom. The van der Waals surface area contributed by atoms with Crippen molar-refractivity contribution < 1.29 is 0 Å². The second-order valence-electron chi connectivity index (χ2n) is 6.65. The van der Waals surface area contributed by atoms with Crippen molar-refractivity contribution in [2.45, 2.75) is 0 Å². The standard InChI is InChI=1S/C24H22BrN4P/c25-20-16-18-24(19-17-20)29-30(26-21-10-4-1-5-11-21,27-22-12-6-2-7-13-22)28-23-14-8-3-9-15-23/h1-19,26-28H. The minimum atomic E-state index is -2.54. The van der Waals surface area contributed by atoms with Gasteiger partial charge in [-0.3, -0.25) is 0 Å². The first-order chi connectivity index (χ1) is 14.7. The van der Waals surface area contributed by atoms with Crippen LogP contribution in [0.3, 0.4) is 0 Å². The van der Waals surface area contributed by atoms with E-state index in [2.05, 4.69) is 31.2 Å². The number of halogens is 1. The van der Waals surface area contributed by atoms with Gasteiger partial charge in [-0.05, 0) is 60.7 Å². The zero-order chi connectivity index (χ0) is 20.7. The summed E-state index contributed by atoms with van der Waals surface area (Å²) in [5.74, 6) is 0. The Bertz CT molecular complexity index is 1010. The number of nitrogens with zero attached hydrogens (tertiary/aromatic N) is 1. The molecule has 4 aromatic carbocycles. The molecule has 0 bridgehead atoms. The van der Waals surface area contributed by atoms with Gasteiger partial charge in [0.15, 0.2) is 0 Å². The van der Waals surface area contributed by atoms with Crippen molar-refractivity contribution in [3.63, 3.8) is 0 Å². The number of hydrogen-bond donors (Lipinski definition) is 3. The van der Waals surface area contributed by atoms with Crippen LogP contribution in [-0.4, -0.2) is 0 Å². The first-order valence-corrected chi connectivity index (χ1v) is 12.1. The fourth-order valence-corrected chi connectivity index (χ4v) is 5.57. The molecule has 4 nitrogen and oxygen atoms in total. The summed E-state index contributed by atoms with van der Waals surface area (Å²) in [7, 11) is -2.54. The molecule has 6 heteroatoms. The van der Waals surface area contributed by atoms with Crippen molar-refractivity contribution in [3.05, 3.63) is 120 Å². The van der Waals surface area contributed by atoms with E-state index in [1.165, 1.54) is 0 Å². The van der Waals surface area contributed by atoms with Crippen molar-refractivity contribution in [3.8, 4) is 0 Å². The van der Waals surface area contributed by atoms with Gasteiger partial charge < -0.3 is 15.3 Å². The number of rotatable bonds is 7. The molecule has 0 atom stereocenters. The molecule has 0 aliphatic heterocycles. The summed E-state index contributed by atoms with van der Waals surface area (Å²) < 4.78 is 6.20. The van der Waals surface area contributed by atoms with Crippen molar-refractivity contribution in [2.24, 2.45) is 4.74 Å². The highest BCUT2D eigenvalue weighted by molar-refractivity contribution is 9.10. The van der Waals surface area contributed by atoms with Crippen molar-refractivity contribution in [1.82, 2.24) is 0 Å². The van der Waals surface area contributed by atoms with E-state index in [-0.39, 0.29) is 0 Å². The number of benzene rings is 4. The fraction of sp³-hybridized carbons (Fsp3) is 0. The van der Waals surface area contributed by atoms with Gasteiger partial charge in [-0.15, -0.1) is 0 Å². The van der Waals surface area contributed by atoms with Gasteiger partial charge in [-0.1, -0.05) is 70.5 Å². The lowest BCUT2D eigenvalue weighted by atomic mass is 10.3. The number of para-hydroxylation sites is 3. The molecule has 0 aliphatic rings. The molecule has 0 heterocycles. The van der Waals surface area contributed by atoms with E-state index in [9.17, 15) is 0 Å². The van der Waals surface area contributed by atoms with Crippen LogP contribution in [0.1, 0.15) is 0 Å². The van der Waals surface area contributed by atoms with Crippen LogP contribution in [0.4, 0.5) is 22.7 Å². The largest absolute Gasteiger partial charge is 0.320 e. The Hall–Kier alpha value is -3.01. The first-order valence-electron chi connectivity index (χ1n) is 9.59. The molecule has 0 saturated heterocycles. The zero-order valence-corrected chi connectivity index (χ0v) is 18.7. The highest BCUT2D eigenvalue weighted by Gasteiger charge is 2.21. The highest BCUT2D eigenvalue weighted by atomic mass is 79.9. The van der Waals surface area contributed by atoms with E-state index < -0.39 is 7.51 Å². The molecular weight excluding hydrogens is 455 g/mol. The van der Waals surface area contributed by atoms with E-state index in [1.54, 1.807) is 0 Å². The van der Waals surface area contributed by atoms with E-state index in [1.807, 2.05) is 115 Å². The third kappa shape index (κ3) is 5.53. The Kier molecular flexibility index (Phi) is 6.53. The molecule has 4 rings (SSSR count). The smallest absolute Gasteiger partial charge is 0.241 e. The van der Waals surface area contributed by atoms with Gasteiger partial charge in [0.25, 0.3) is 0 Å². The van der Waals surface area contributed by atoms with Crippen LogP contribution in [0.5, 0.6) is 0 Å². The maximum atomic E-state index is 5.17. The van der Waals surface area contributed by atoms with Gasteiger partial charge in [0, 0.05) is 21.5 Å². The molecule has 0 amide bonds. The van der Waals surface area contributed by atoms with Gasteiger partial charge >= 0.3 is 0 Å². The van der Waals surface area contributed by atoms with Crippen LogP contribution >= 0.6 is 23.4 Å². The Labute approximate surface area is 185 Å². The summed E-state index contributed by atoms with van der Waals surface area (Å²) >= 11 is 3.51. The topological polar surface area (TPSA) is 48.5 Å². The maximum Gasteiger partial charge on any atom is 0.241 e. The van der Waals surface area contributed by atoms with E-state index in [0.29, 0.717) is 0 Å². The van der Waals surface area contributed by atoms with Crippen LogP contribution in [0.2, 0.25) is 0 Å². The van der Waals surface area contributed by atoms with Crippen LogP contribution in [0.25, 0.3) is 0 Å². The Morgan fingerprint density at radius 3 is 1.23 bits per heavy atom. The van der Waals surface area contributed by atoms with Crippen LogP contribution in [0.15, 0.2) is 124 Å². The molecular formula is C24H22BrN4P. The zero-order valence-electron chi connectivity index (χ0n) is 16.2. The van der Waals surface area contributed by atoms with Gasteiger partial charge in [-0.2, -0.15) is 0 Å². The average Bonchev–Trinajstić information content (AvgIpc) is 2.77. The van der Waals surface area contributed by atoms with E-state index in [0.717, 1.165) is 27.2 Å². The van der Waals surface area contributed by atoms with Crippen LogP contribution in [0, 0.1) is 0 Å². The molecule has 0 fully saturated rings. The SMILES string of the molecule is Brc1ccc(N=P(Nc2ccccc2)(Nc2ccccc2)Nc2ccccc2)cc1. The van der Waals surface area contributed by atoms with Crippen molar-refractivity contribution >= 4 is 46.2 Å². The first kappa shape index (κ1) is 20.3. The molecule has 0 aliphatic carbocycles. The monoisotopic (exact) mass is 476 g/mol. The average molecular weight is 477 g/mol. The number of anilines is 3. The quantitative estimate of drug-likeness (QED) is 0.235. The molecule has 0 radical (unpaired) electrons. The summed E-state index contributed by atoms with van der Waals surface area (Å²) in [4.78, 5) is 0. The molecule has 0 unspecified atom stereocenters. The molecule has 0 spiro atoms. The third-order valence-corrected chi connectivity index (χ3v) is 7.09. The number of nitrogens with one attached hydrogen (secondary N) is 3. The van der Waals surface area contributed by atoms with Gasteiger partial charge in [0.2, 0.25) is 7.51 Å². The van der Waals surface area contributed by atoms with Crippen LogP contribution in [-0.2, 0) is 0 Å². The summed E-state index contributed by atoms with van der Waals surface area (Å²) in [6.07, 6.45) is 0. The Morgan fingerprint density at radius 1 is 0.500 bits per heavy atom. The lowest BCUT2D eigenvalue weighted by Gasteiger charge is -2.30. The molecule has 30 heavy (non-hydrogen) atoms. The maximum absolute atomic E-state index is 5.17. The lowest BCUT2D eigenvalue weighted by Crippen LogP contribution is -2.14. The Balaban J connectivity index is 1.84. The summed E-state index contributed by atoms with van der Waals surface area (Å²) in [5, 5.41) is 11.0. The van der Waals surface area contributed by atoms with Gasteiger partial charge in [0.05, 0.1) is 5.69 Å². The minimum Gasteiger partial charge on any atom is -0.320 e. The minimum absolute atomic E-state index is 0.877. The second kappa shape index (κ2) is 9.66. The molecule has 4 aromatic rings. The summed E-state index contributed by atoms with van der Waals surface area (Å²) in [5.41, 5.74) is 3.83. The molecule has 0 aromatic heterocycles. The van der Waals surface area contributed by atoms with E-state index >= 15 is 0 Å². The normalized spacial score (nSPS) is 10.8. The van der Waals surface area contributed by atoms with Gasteiger partial charge in [-0.25, -0.2) is 4.74 Å². The molecule has 3 N–H and O–H groups in total. The van der Waals surface area contributed by atoms with Crippen molar-refractivity contribution in [1.29, 1.82) is 0 Å². The molecule has 0 saturated carbocycles. The van der Waals surface area contributed by atoms with Crippen molar-refractivity contribution in [2.75, 3.05) is 15.3 Å². The third-order valence-electron chi connectivity index (χ3n) is 4.29.